The third-order valence-electron chi connectivity index (χ3n) is 7.47. The molecule has 0 aromatic heterocycles. The summed E-state index contributed by atoms with van der Waals surface area (Å²) in [6, 6.07) is 9.99. The van der Waals surface area contributed by atoms with Crippen LogP contribution in [0.5, 0.6) is 0 Å². The van der Waals surface area contributed by atoms with Gasteiger partial charge in [-0.25, -0.2) is 8.42 Å². The third-order valence-corrected chi connectivity index (χ3v) is 9.24. The maximum absolute atomic E-state index is 13.6. The molecule has 1 aliphatic rings. The number of carbonyl (C=O) groups is 2. The zero-order chi connectivity index (χ0) is 28.7. The van der Waals surface area contributed by atoms with Crippen LogP contribution in [-0.2, 0) is 26.2 Å². The van der Waals surface area contributed by atoms with Crippen molar-refractivity contribution in [2.45, 2.75) is 84.3 Å². The number of aryl methyl sites for hydroxylation is 1. The largest absolute Gasteiger partial charge is 0.352 e. The van der Waals surface area contributed by atoms with Crippen LogP contribution in [0.2, 0.25) is 10.0 Å². The van der Waals surface area contributed by atoms with Crippen LogP contribution in [0, 0.1) is 13.8 Å². The van der Waals surface area contributed by atoms with Gasteiger partial charge in [-0.15, -0.1) is 0 Å². The van der Waals surface area contributed by atoms with E-state index in [1.807, 2.05) is 26.0 Å². The average Bonchev–Trinajstić information content (AvgIpc) is 2.87. The van der Waals surface area contributed by atoms with E-state index in [0.29, 0.717) is 27.7 Å². The highest BCUT2D eigenvalue weighted by Gasteiger charge is 2.29. The number of benzene rings is 2. The summed E-state index contributed by atoms with van der Waals surface area (Å²) in [6.07, 6.45) is 6.75. The molecular weight excluding hydrogens is 557 g/mol. The second-order valence-electron chi connectivity index (χ2n) is 10.4. The molecule has 0 spiro atoms. The summed E-state index contributed by atoms with van der Waals surface area (Å²) in [7, 11) is -3.57. The first-order valence-electron chi connectivity index (χ1n) is 13.5. The van der Waals surface area contributed by atoms with E-state index in [4.69, 9.17) is 23.2 Å². The molecule has 3 rings (SSSR count). The summed E-state index contributed by atoms with van der Waals surface area (Å²) in [4.78, 5) is 28.3. The molecule has 1 atom stereocenters. The minimum atomic E-state index is -3.57. The van der Waals surface area contributed by atoms with Crippen LogP contribution < -0.4 is 9.62 Å². The Hall–Kier alpha value is -2.29. The average molecular weight is 597 g/mol. The van der Waals surface area contributed by atoms with Crippen molar-refractivity contribution in [2.24, 2.45) is 0 Å². The molecule has 2 aromatic carbocycles. The number of amides is 2. The molecule has 1 N–H and O–H groups in total. The number of rotatable bonds is 11. The molecular formula is C29H39Cl2N3O4S. The minimum Gasteiger partial charge on any atom is -0.352 e. The Labute approximate surface area is 242 Å². The molecule has 0 saturated heterocycles. The zero-order valence-electron chi connectivity index (χ0n) is 23.2. The number of sulfonamides is 1. The Morgan fingerprint density at radius 1 is 1.08 bits per heavy atom. The van der Waals surface area contributed by atoms with Gasteiger partial charge in [0.15, 0.2) is 0 Å². The first-order chi connectivity index (χ1) is 18.4. The maximum Gasteiger partial charge on any atom is 0.242 e. The smallest absolute Gasteiger partial charge is 0.242 e. The van der Waals surface area contributed by atoms with Crippen molar-refractivity contribution in [3.05, 3.63) is 63.1 Å². The van der Waals surface area contributed by atoms with Crippen molar-refractivity contribution in [3.8, 4) is 0 Å². The van der Waals surface area contributed by atoms with E-state index in [1.165, 1.54) is 21.9 Å². The SMILES string of the molecule is Cc1cccc(N(CCCC(=O)N(Cc2ccc(Cl)cc2Cl)[C@H](C)C(=O)NC2CCCCC2)S(C)(=O)=O)c1C. The van der Waals surface area contributed by atoms with Gasteiger partial charge in [-0.1, -0.05) is 60.7 Å². The van der Waals surface area contributed by atoms with Crippen LogP contribution in [-0.4, -0.2) is 50.0 Å². The lowest BCUT2D eigenvalue weighted by Crippen LogP contribution is -2.50. The molecule has 0 bridgehead atoms. The van der Waals surface area contributed by atoms with Crippen molar-refractivity contribution >= 4 is 50.7 Å². The first-order valence-corrected chi connectivity index (χ1v) is 16.1. The molecule has 1 aliphatic carbocycles. The highest BCUT2D eigenvalue weighted by Crippen LogP contribution is 2.27. The van der Waals surface area contributed by atoms with Crippen LogP contribution in [0.1, 0.15) is 68.6 Å². The summed E-state index contributed by atoms with van der Waals surface area (Å²) >= 11 is 12.5. The molecule has 0 unspecified atom stereocenters. The van der Waals surface area contributed by atoms with Gasteiger partial charge < -0.3 is 10.2 Å². The van der Waals surface area contributed by atoms with Gasteiger partial charge >= 0.3 is 0 Å². The van der Waals surface area contributed by atoms with Crippen LogP contribution >= 0.6 is 23.2 Å². The van der Waals surface area contributed by atoms with E-state index in [-0.39, 0.29) is 37.4 Å². The van der Waals surface area contributed by atoms with Gasteiger partial charge in [0, 0.05) is 35.6 Å². The lowest BCUT2D eigenvalue weighted by Gasteiger charge is -2.32. The summed E-state index contributed by atoms with van der Waals surface area (Å²) in [5.41, 5.74) is 3.15. The van der Waals surface area contributed by atoms with Crippen molar-refractivity contribution in [3.63, 3.8) is 0 Å². The number of halogens is 2. The Kier molecular flexibility index (Phi) is 11.1. The van der Waals surface area contributed by atoms with E-state index in [1.54, 1.807) is 31.2 Å². The predicted octanol–water partition coefficient (Wildman–Crippen LogP) is 6.02. The zero-order valence-corrected chi connectivity index (χ0v) is 25.5. The topological polar surface area (TPSA) is 86.8 Å². The molecule has 0 radical (unpaired) electrons. The van der Waals surface area contributed by atoms with Gasteiger partial charge in [0.1, 0.15) is 6.04 Å². The molecule has 1 fully saturated rings. The Morgan fingerprint density at radius 2 is 1.77 bits per heavy atom. The van der Waals surface area contributed by atoms with E-state index in [0.717, 1.165) is 36.8 Å². The Morgan fingerprint density at radius 3 is 2.41 bits per heavy atom. The predicted molar refractivity (Wildman–Crippen MR) is 159 cm³/mol. The standard InChI is InChI=1S/C29H39Cl2N3O4S/c1-20-10-8-13-27(21(20)2)34(39(4,37)38)17-9-14-28(35)33(19-23-15-16-24(30)18-26(23)31)22(3)29(36)32-25-11-6-5-7-12-25/h8,10,13,15-16,18,22,25H,5-7,9,11-12,14,17,19H2,1-4H3,(H,32,36)/t22-/m1/s1. The van der Waals surface area contributed by atoms with Crippen molar-refractivity contribution in [1.29, 1.82) is 0 Å². The quantitative estimate of drug-likeness (QED) is 0.344. The number of hydrogen-bond acceptors (Lipinski definition) is 4. The maximum atomic E-state index is 13.6. The van der Waals surface area contributed by atoms with Gasteiger partial charge in [0.25, 0.3) is 0 Å². The van der Waals surface area contributed by atoms with Gasteiger partial charge in [-0.3, -0.25) is 13.9 Å². The highest BCUT2D eigenvalue weighted by atomic mass is 35.5. The minimum absolute atomic E-state index is 0.0726. The lowest BCUT2D eigenvalue weighted by molar-refractivity contribution is -0.141. The van der Waals surface area contributed by atoms with Crippen LogP contribution in [0.25, 0.3) is 0 Å². The number of hydrogen-bond donors (Lipinski definition) is 1. The number of nitrogens with zero attached hydrogens (tertiary/aromatic N) is 2. The van der Waals surface area contributed by atoms with Gasteiger partial charge in [-0.2, -0.15) is 0 Å². The number of anilines is 1. The molecule has 7 nitrogen and oxygen atoms in total. The second-order valence-corrected chi connectivity index (χ2v) is 13.2. The van der Waals surface area contributed by atoms with Crippen LogP contribution in [0.3, 0.4) is 0 Å². The lowest BCUT2D eigenvalue weighted by atomic mass is 9.95. The fourth-order valence-electron chi connectivity index (χ4n) is 4.97. The summed E-state index contributed by atoms with van der Waals surface area (Å²) in [5, 5.41) is 4.01. The van der Waals surface area contributed by atoms with E-state index in [2.05, 4.69) is 5.32 Å². The van der Waals surface area contributed by atoms with Crippen molar-refractivity contribution in [2.75, 3.05) is 17.1 Å². The molecule has 2 aromatic rings. The first kappa shape index (κ1) is 31.2. The molecule has 39 heavy (non-hydrogen) atoms. The normalized spacial score (nSPS) is 15.0. The van der Waals surface area contributed by atoms with E-state index >= 15 is 0 Å². The third kappa shape index (κ3) is 8.60. The molecule has 214 valence electrons. The van der Waals surface area contributed by atoms with Gasteiger partial charge in [0.2, 0.25) is 21.8 Å². The van der Waals surface area contributed by atoms with Crippen LogP contribution in [0.4, 0.5) is 5.69 Å². The molecule has 1 saturated carbocycles. The van der Waals surface area contributed by atoms with Gasteiger partial charge in [-0.05, 0) is 74.9 Å². The van der Waals surface area contributed by atoms with E-state index < -0.39 is 16.1 Å². The van der Waals surface area contributed by atoms with Gasteiger partial charge in [0.05, 0.1) is 11.9 Å². The fraction of sp³-hybridized carbons (Fsp3) is 0.517. The molecule has 0 heterocycles. The molecule has 0 aliphatic heterocycles. The summed E-state index contributed by atoms with van der Waals surface area (Å²) < 4.78 is 26.6. The van der Waals surface area contributed by atoms with Crippen molar-refractivity contribution < 1.29 is 18.0 Å². The molecule has 10 heteroatoms. The number of carbonyl (C=O) groups excluding carboxylic acids is 2. The summed E-state index contributed by atoms with van der Waals surface area (Å²) in [6.45, 7) is 5.83. The van der Waals surface area contributed by atoms with E-state index in [9.17, 15) is 18.0 Å². The Balaban J connectivity index is 1.77. The monoisotopic (exact) mass is 595 g/mol. The van der Waals surface area contributed by atoms with Crippen molar-refractivity contribution in [1.82, 2.24) is 10.2 Å². The fourth-order valence-corrected chi connectivity index (χ4v) is 6.46. The Bertz CT molecular complexity index is 1280. The van der Waals surface area contributed by atoms with Crippen LogP contribution in [0.15, 0.2) is 36.4 Å². The molecule has 2 amide bonds. The highest BCUT2D eigenvalue weighted by molar-refractivity contribution is 7.92. The number of nitrogens with one attached hydrogen (secondary N) is 1. The second kappa shape index (κ2) is 13.9. The summed E-state index contributed by atoms with van der Waals surface area (Å²) in [5.74, 6) is -0.449.